The average Bonchev–Trinajstić information content (AvgIpc) is 3.28. The quantitative estimate of drug-likeness (QED) is 0.472. The minimum absolute atomic E-state index is 0.0131. The highest BCUT2D eigenvalue weighted by molar-refractivity contribution is 5.56. The van der Waals surface area contributed by atoms with Crippen molar-refractivity contribution in [3.63, 3.8) is 0 Å². The second-order valence-electron chi connectivity index (χ2n) is 6.64. The molecule has 0 aliphatic carbocycles. The summed E-state index contributed by atoms with van der Waals surface area (Å²) in [4.78, 5) is 8.01. The molecule has 3 aromatic heterocycles. The van der Waals surface area contributed by atoms with E-state index in [9.17, 15) is 9.50 Å². The smallest absolute Gasteiger partial charge is 0.331 e. The molecule has 1 unspecified atom stereocenters. The van der Waals surface area contributed by atoms with Crippen LogP contribution in [-0.4, -0.2) is 29.7 Å². The summed E-state index contributed by atoms with van der Waals surface area (Å²) in [5, 5.41) is 19.7. The number of nitrogens with one attached hydrogen (secondary N) is 2. The Labute approximate surface area is 163 Å². The molecule has 7 nitrogen and oxygen atoms in total. The Balaban J connectivity index is 1.88. The molecule has 150 valence electrons. The Morgan fingerprint density at radius 2 is 1.86 bits per heavy atom. The minimum Gasteiger partial charge on any atom is -0.387 e. The third-order valence-electron chi connectivity index (χ3n) is 4.40. The third kappa shape index (κ3) is 3.42. The lowest BCUT2D eigenvalue weighted by atomic mass is 10.1. The van der Waals surface area contributed by atoms with Gasteiger partial charge in [0, 0.05) is 17.3 Å². The maximum absolute atomic E-state index is 15.1. The highest BCUT2D eigenvalue weighted by Gasteiger charge is 2.38. The first-order valence-corrected chi connectivity index (χ1v) is 8.76. The van der Waals surface area contributed by atoms with Gasteiger partial charge in [-0.1, -0.05) is 0 Å². The molecule has 0 aliphatic rings. The molecule has 0 saturated heterocycles. The molecule has 0 bridgehead atoms. The van der Waals surface area contributed by atoms with Crippen molar-refractivity contribution in [2.24, 2.45) is 0 Å². The molecule has 3 N–H and O–H groups in total. The van der Waals surface area contributed by atoms with Crippen molar-refractivity contribution in [1.29, 1.82) is 0 Å². The number of aromatic amines is 1. The Morgan fingerprint density at radius 1 is 1.14 bits per heavy atom. The third-order valence-corrected chi connectivity index (χ3v) is 4.40. The number of aromatic nitrogens is 5. The van der Waals surface area contributed by atoms with E-state index in [0.29, 0.717) is 11.5 Å². The largest absolute Gasteiger partial charge is 0.387 e. The first-order valence-electron chi connectivity index (χ1n) is 8.76. The highest BCUT2D eigenvalue weighted by atomic mass is 19.3. The van der Waals surface area contributed by atoms with E-state index in [4.69, 9.17) is 0 Å². The van der Waals surface area contributed by atoms with E-state index in [0.717, 1.165) is 30.0 Å². The number of hydrogen-bond donors (Lipinski definition) is 3. The monoisotopic (exact) mass is 402 g/mol. The van der Waals surface area contributed by atoms with Crippen LogP contribution in [0.1, 0.15) is 35.8 Å². The van der Waals surface area contributed by atoms with E-state index in [1.807, 2.05) is 0 Å². The summed E-state index contributed by atoms with van der Waals surface area (Å²) in [7, 11) is 0. The number of aliphatic hydroxyl groups is 1. The fraction of sp³-hybridized carbons (Fsp3) is 0.211. The predicted octanol–water partition coefficient (Wildman–Crippen LogP) is 3.84. The van der Waals surface area contributed by atoms with Gasteiger partial charge in [-0.2, -0.15) is 18.9 Å². The zero-order valence-electron chi connectivity index (χ0n) is 15.5. The number of halogens is 3. The topological polar surface area (TPSA) is 91.1 Å². The number of fused-ring (bicyclic) bond motifs is 1. The van der Waals surface area contributed by atoms with Gasteiger partial charge in [0.1, 0.15) is 11.5 Å². The van der Waals surface area contributed by atoms with Gasteiger partial charge < -0.3 is 10.4 Å². The number of H-pyrrole nitrogens is 1. The van der Waals surface area contributed by atoms with Gasteiger partial charge in [-0.15, -0.1) is 0 Å². The molecule has 29 heavy (non-hydrogen) atoms. The van der Waals surface area contributed by atoms with Crippen molar-refractivity contribution in [2.75, 3.05) is 5.32 Å². The Hall–Kier alpha value is -3.40. The molecule has 0 fully saturated rings. The fourth-order valence-corrected chi connectivity index (χ4v) is 2.98. The van der Waals surface area contributed by atoms with Gasteiger partial charge in [0.2, 0.25) is 11.8 Å². The molecular formula is C19H17F3N6O. The normalized spacial score (nSPS) is 13.0. The van der Waals surface area contributed by atoms with E-state index in [2.05, 4.69) is 25.5 Å². The van der Waals surface area contributed by atoms with E-state index in [1.165, 1.54) is 10.5 Å². The van der Waals surface area contributed by atoms with Crippen LogP contribution >= 0.6 is 0 Å². The average molecular weight is 402 g/mol. The van der Waals surface area contributed by atoms with Gasteiger partial charge in [0.15, 0.2) is 5.82 Å². The number of anilines is 2. The van der Waals surface area contributed by atoms with E-state index in [1.54, 1.807) is 26.0 Å². The Morgan fingerprint density at radius 3 is 2.48 bits per heavy atom. The van der Waals surface area contributed by atoms with Gasteiger partial charge in [-0.05, 0) is 50.2 Å². The Kier molecular flexibility index (Phi) is 4.50. The summed E-state index contributed by atoms with van der Waals surface area (Å²) >= 11 is 0. The number of rotatable bonds is 5. The van der Waals surface area contributed by atoms with Crippen molar-refractivity contribution in [1.82, 2.24) is 24.6 Å². The van der Waals surface area contributed by atoms with Gasteiger partial charge in [0.25, 0.3) is 0 Å². The van der Waals surface area contributed by atoms with Crippen LogP contribution in [0.2, 0.25) is 0 Å². The summed E-state index contributed by atoms with van der Waals surface area (Å²) in [6.07, 6.45) is -0.883. The number of benzene rings is 1. The van der Waals surface area contributed by atoms with Crippen LogP contribution in [0.4, 0.5) is 24.9 Å². The lowest BCUT2D eigenvalue weighted by Crippen LogP contribution is -2.21. The van der Waals surface area contributed by atoms with Gasteiger partial charge in [-0.3, -0.25) is 9.50 Å². The zero-order valence-corrected chi connectivity index (χ0v) is 15.5. The maximum Gasteiger partial charge on any atom is 0.331 e. The summed E-state index contributed by atoms with van der Waals surface area (Å²) in [6, 6.07) is 8.66. The van der Waals surface area contributed by atoms with Crippen molar-refractivity contribution in [3.8, 4) is 0 Å². The second kappa shape index (κ2) is 6.89. The van der Waals surface area contributed by atoms with Crippen LogP contribution in [0, 0.1) is 12.7 Å². The van der Waals surface area contributed by atoms with Crippen molar-refractivity contribution in [2.45, 2.75) is 25.9 Å². The van der Waals surface area contributed by atoms with Crippen LogP contribution in [0.3, 0.4) is 0 Å². The second-order valence-corrected chi connectivity index (χ2v) is 6.64. The molecule has 0 saturated carbocycles. The standard InChI is InChI=1S/C19H17F3N6O/c1-10-9-15(27-26-10)23-18-25-17(19(21,22)12-3-5-13(20)6-4-12)24-16-8-7-14(11(2)29)28(16)18/h3-9,11,29H,1-2H3,(H2,23,24,25,26,27). The van der Waals surface area contributed by atoms with Gasteiger partial charge in [-0.25, -0.2) is 9.37 Å². The molecule has 1 atom stereocenters. The van der Waals surface area contributed by atoms with Crippen LogP contribution < -0.4 is 5.32 Å². The number of hydrogen-bond acceptors (Lipinski definition) is 5. The number of aryl methyl sites for hydroxylation is 1. The fourth-order valence-electron chi connectivity index (χ4n) is 2.98. The molecular weight excluding hydrogens is 385 g/mol. The molecule has 4 aromatic rings. The van der Waals surface area contributed by atoms with E-state index >= 15 is 8.78 Å². The lowest BCUT2D eigenvalue weighted by molar-refractivity contribution is 0.0329. The van der Waals surface area contributed by atoms with Crippen LogP contribution in [0.15, 0.2) is 42.5 Å². The number of nitrogens with zero attached hydrogens (tertiary/aromatic N) is 4. The SMILES string of the molecule is Cc1cc(Nc2nc(C(F)(F)c3ccc(F)cc3)nc3ccc(C(C)O)n23)n[nH]1. The summed E-state index contributed by atoms with van der Waals surface area (Å²) in [5.41, 5.74) is 0.916. The Bertz CT molecular complexity index is 1170. The first kappa shape index (κ1) is 18.9. The van der Waals surface area contributed by atoms with Crippen LogP contribution in [-0.2, 0) is 5.92 Å². The highest BCUT2D eigenvalue weighted by Crippen LogP contribution is 2.35. The molecule has 0 spiro atoms. The van der Waals surface area contributed by atoms with Gasteiger partial charge >= 0.3 is 5.92 Å². The lowest BCUT2D eigenvalue weighted by Gasteiger charge is -2.18. The first-order chi connectivity index (χ1) is 13.8. The maximum atomic E-state index is 15.1. The molecule has 4 rings (SSSR count). The summed E-state index contributed by atoms with van der Waals surface area (Å²) < 4.78 is 44.8. The summed E-state index contributed by atoms with van der Waals surface area (Å²) in [6.45, 7) is 3.34. The molecule has 0 amide bonds. The number of alkyl halides is 2. The van der Waals surface area contributed by atoms with Crippen molar-refractivity contribution in [3.05, 3.63) is 71.1 Å². The van der Waals surface area contributed by atoms with E-state index < -0.39 is 29.2 Å². The summed E-state index contributed by atoms with van der Waals surface area (Å²) in [5.74, 6) is -4.57. The molecule has 1 aromatic carbocycles. The zero-order chi connectivity index (χ0) is 20.8. The van der Waals surface area contributed by atoms with Crippen molar-refractivity contribution >= 4 is 17.4 Å². The molecule has 10 heteroatoms. The number of aliphatic hydroxyl groups excluding tert-OH is 1. The van der Waals surface area contributed by atoms with Crippen LogP contribution in [0.5, 0.6) is 0 Å². The van der Waals surface area contributed by atoms with Gasteiger partial charge in [0.05, 0.1) is 11.8 Å². The van der Waals surface area contributed by atoms with Crippen LogP contribution in [0.25, 0.3) is 5.65 Å². The minimum atomic E-state index is -3.57. The molecule has 0 radical (unpaired) electrons. The van der Waals surface area contributed by atoms with Crippen molar-refractivity contribution < 1.29 is 18.3 Å². The molecule has 0 aliphatic heterocycles. The van der Waals surface area contributed by atoms with E-state index in [-0.39, 0.29) is 11.6 Å². The molecule has 3 heterocycles. The predicted molar refractivity (Wildman–Crippen MR) is 99.6 cm³/mol.